The van der Waals surface area contributed by atoms with Crippen molar-refractivity contribution < 1.29 is 9.53 Å². The minimum atomic E-state index is -0.152. The number of hydrogen-bond donors (Lipinski definition) is 1. The molecule has 4 saturated carbocycles. The Bertz CT molecular complexity index is 783. The van der Waals surface area contributed by atoms with Crippen molar-refractivity contribution in [2.45, 2.75) is 63.9 Å². The summed E-state index contributed by atoms with van der Waals surface area (Å²) in [5.74, 6) is 4.79. The van der Waals surface area contributed by atoms with Crippen LogP contribution in [0, 0.1) is 52.2 Å². The largest absolute Gasteiger partial charge is 0.458 e. The molecule has 0 amide bonds. The van der Waals surface area contributed by atoms with E-state index in [0.29, 0.717) is 36.0 Å². The normalized spacial score (nSPS) is 55.1. The van der Waals surface area contributed by atoms with Crippen LogP contribution in [0.3, 0.4) is 0 Å². The van der Waals surface area contributed by atoms with Crippen molar-refractivity contribution in [1.82, 2.24) is 0 Å². The molecule has 6 aliphatic rings. The topological polar surface area (TPSA) is 50.2 Å². The molecule has 144 valence electrons. The molecule has 0 aromatic carbocycles. The molecule has 1 heterocycles. The van der Waals surface area contributed by atoms with Gasteiger partial charge in [-0.2, -0.15) is 0 Å². The lowest BCUT2D eigenvalue weighted by atomic mass is 9.46. The first kappa shape index (κ1) is 16.6. The molecule has 1 saturated heterocycles. The maximum Gasteiger partial charge on any atom is 0.306 e. The molecule has 5 fully saturated rings. The molecule has 0 aromatic rings. The molecule has 3 nitrogen and oxygen atoms in total. The van der Waals surface area contributed by atoms with Crippen molar-refractivity contribution in [2.75, 3.05) is 0 Å². The Labute approximate surface area is 162 Å². The third kappa shape index (κ3) is 1.89. The number of allylic oxidation sites excluding steroid dienone is 3. The van der Waals surface area contributed by atoms with E-state index in [1.807, 2.05) is 0 Å². The predicted molar refractivity (Wildman–Crippen MR) is 104 cm³/mol. The second kappa shape index (κ2) is 5.15. The molecule has 0 aromatic heterocycles. The highest BCUT2D eigenvalue weighted by Gasteiger charge is 2.79. The van der Waals surface area contributed by atoms with E-state index >= 15 is 0 Å². The first-order valence-electron chi connectivity index (χ1n) is 11.1. The summed E-state index contributed by atoms with van der Waals surface area (Å²) in [5.41, 5.74) is 2.37. The average molecular weight is 366 g/mol. The smallest absolute Gasteiger partial charge is 0.306 e. The highest BCUT2D eigenvalue weighted by Crippen LogP contribution is 2.78. The summed E-state index contributed by atoms with van der Waals surface area (Å²) >= 11 is 0. The fourth-order valence-electron chi connectivity index (χ4n) is 8.90. The maximum atomic E-state index is 12.1. The van der Waals surface area contributed by atoms with Gasteiger partial charge in [-0.25, -0.2) is 0 Å². The van der Waals surface area contributed by atoms with E-state index in [9.17, 15) is 4.79 Å². The fourth-order valence-corrected chi connectivity index (χ4v) is 8.90. The second-order valence-corrected chi connectivity index (χ2v) is 10.6. The number of fused-ring (bicyclic) bond motifs is 9. The molecule has 3 heteroatoms. The molecule has 5 aliphatic carbocycles. The van der Waals surface area contributed by atoms with Crippen LogP contribution in [0.1, 0.15) is 58.3 Å². The maximum absolute atomic E-state index is 12.1. The Balaban J connectivity index is 1.42. The Morgan fingerprint density at radius 3 is 2.85 bits per heavy atom. The first-order chi connectivity index (χ1) is 13.0. The number of hydrogen-bond acceptors (Lipinski definition) is 3. The van der Waals surface area contributed by atoms with E-state index in [0.717, 1.165) is 36.8 Å². The average Bonchev–Trinajstić information content (AvgIpc) is 3.29. The lowest BCUT2D eigenvalue weighted by Crippen LogP contribution is -2.56. The van der Waals surface area contributed by atoms with Gasteiger partial charge in [0.25, 0.3) is 0 Å². The second-order valence-electron chi connectivity index (χ2n) is 10.6. The van der Waals surface area contributed by atoms with Gasteiger partial charge in [0.15, 0.2) is 0 Å². The minimum Gasteiger partial charge on any atom is -0.458 e. The summed E-state index contributed by atoms with van der Waals surface area (Å²) in [6.07, 6.45) is 13.0. The molecular weight excluding hydrogens is 334 g/mol. The standard InChI is InChI=1S/C24H31NO2/c1-3-13-10-14-11-15(25)4-5-16(14)17-6-8-23(2)22(21(13)17)18-12-19(18)24(23)9-7-20(26)27-24/h3,11,13,16-19,21-22,25H,1,4-10,12H2,2H3/t13?,16-,17?,18?,19?,21?,22?,23-,24-/m0/s1. The van der Waals surface area contributed by atoms with Gasteiger partial charge in [-0.1, -0.05) is 18.6 Å². The van der Waals surface area contributed by atoms with Crippen LogP contribution in [0.15, 0.2) is 24.3 Å². The lowest BCUT2D eigenvalue weighted by Gasteiger charge is -2.59. The van der Waals surface area contributed by atoms with Crippen LogP contribution in [0.2, 0.25) is 0 Å². The van der Waals surface area contributed by atoms with Crippen LogP contribution >= 0.6 is 0 Å². The molecule has 0 bridgehead atoms. The van der Waals surface area contributed by atoms with E-state index in [1.54, 1.807) is 0 Å². The number of carbonyl (C=O) groups excluding carboxylic acids is 1. The quantitative estimate of drug-likeness (QED) is 0.529. The summed E-state index contributed by atoms with van der Waals surface area (Å²) in [6.45, 7) is 6.72. The van der Waals surface area contributed by atoms with Crippen LogP contribution in [0.25, 0.3) is 0 Å². The van der Waals surface area contributed by atoms with E-state index in [-0.39, 0.29) is 17.0 Å². The highest BCUT2D eigenvalue weighted by molar-refractivity contribution is 5.93. The highest BCUT2D eigenvalue weighted by atomic mass is 16.6. The summed E-state index contributed by atoms with van der Waals surface area (Å²) in [4.78, 5) is 12.1. The molecule has 1 aliphatic heterocycles. The molecule has 27 heavy (non-hydrogen) atoms. The van der Waals surface area contributed by atoms with Crippen molar-refractivity contribution >= 4 is 11.7 Å². The van der Waals surface area contributed by atoms with Gasteiger partial charge >= 0.3 is 5.97 Å². The molecular formula is C24H31NO2. The molecule has 1 N–H and O–H groups in total. The summed E-state index contributed by atoms with van der Waals surface area (Å²) in [7, 11) is 0. The first-order valence-corrected chi connectivity index (χ1v) is 11.1. The number of rotatable bonds is 1. The van der Waals surface area contributed by atoms with Gasteiger partial charge in [0, 0.05) is 23.5 Å². The molecule has 0 radical (unpaired) electrons. The number of nitrogens with one attached hydrogen (secondary N) is 1. The zero-order chi connectivity index (χ0) is 18.6. The Kier molecular flexibility index (Phi) is 3.16. The van der Waals surface area contributed by atoms with Crippen molar-refractivity contribution in [3.8, 4) is 0 Å². The van der Waals surface area contributed by atoms with Gasteiger partial charge in [-0.3, -0.25) is 4.79 Å². The van der Waals surface area contributed by atoms with Gasteiger partial charge in [-0.15, -0.1) is 6.58 Å². The van der Waals surface area contributed by atoms with Crippen LogP contribution in [0.4, 0.5) is 0 Å². The van der Waals surface area contributed by atoms with Gasteiger partial charge < -0.3 is 10.1 Å². The molecule has 6 unspecified atom stereocenters. The van der Waals surface area contributed by atoms with E-state index in [2.05, 4.69) is 25.7 Å². The van der Waals surface area contributed by atoms with Crippen LogP contribution in [-0.4, -0.2) is 17.3 Å². The molecule has 1 spiro atoms. The Morgan fingerprint density at radius 1 is 1.26 bits per heavy atom. The summed E-state index contributed by atoms with van der Waals surface area (Å²) in [6, 6.07) is 0. The van der Waals surface area contributed by atoms with Crippen molar-refractivity contribution in [1.29, 1.82) is 5.41 Å². The minimum absolute atomic E-state index is 0.0459. The molecule has 9 atom stereocenters. The van der Waals surface area contributed by atoms with E-state index in [1.165, 1.54) is 31.3 Å². The van der Waals surface area contributed by atoms with E-state index in [4.69, 9.17) is 10.1 Å². The Morgan fingerprint density at radius 2 is 2.11 bits per heavy atom. The third-order valence-electron chi connectivity index (χ3n) is 9.85. The van der Waals surface area contributed by atoms with Gasteiger partial charge in [-0.05, 0) is 86.5 Å². The zero-order valence-electron chi connectivity index (χ0n) is 16.4. The fraction of sp³-hybridized carbons (Fsp3) is 0.750. The van der Waals surface area contributed by atoms with Gasteiger partial charge in [0.2, 0.25) is 0 Å². The predicted octanol–water partition coefficient (Wildman–Crippen LogP) is 4.92. The zero-order valence-corrected chi connectivity index (χ0v) is 16.4. The van der Waals surface area contributed by atoms with Gasteiger partial charge in [0.05, 0.1) is 0 Å². The summed E-state index contributed by atoms with van der Waals surface area (Å²) in [5, 5.41) is 8.13. The monoisotopic (exact) mass is 365 g/mol. The van der Waals surface area contributed by atoms with E-state index < -0.39 is 0 Å². The third-order valence-corrected chi connectivity index (χ3v) is 9.85. The van der Waals surface area contributed by atoms with Crippen molar-refractivity contribution in [2.24, 2.45) is 46.8 Å². The van der Waals surface area contributed by atoms with Crippen LogP contribution < -0.4 is 0 Å². The summed E-state index contributed by atoms with van der Waals surface area (Å²) < 4.78 is 6.20. The Hall–Kier alpha value is -1.38. The van der Waals surface area contributed by atoms with Crippen LogP contribution in [-0.2, 0) is 9.53 Å². The van der Waals surface area contributed by atoms with Crippen molar-refractivity contribution in [3.05, 3.63) is 24.3 Å². The van der Waals surface area contributed by atoms with Gasteiger partial charge in [0.1, 0.15) is 5.60 Å². The number of carbonyl (C=O) groups is 1. The lowest BCUT2D eigenvalue weighted by molar-refractivity contribution is -0.175. The number of esters is 1. The molecule has 6 rings (SSSR count). The van der Waals surface area contributed by atoms with Crippen LogP contribution in [0.5, 0.6) is 0 Å². The van der Waals surface area contributed by atoms with Crippen molar-refractivity contribution in [3.63, 3.8) is 0 Å². The SMILES string of the molecule is C=CC1CC2=CC(=N)CC[C@@H]2C2CC[C@@]3(C)C(C4CC4[C@@]34CCC(=O)O4)C12. The number of ether oxygens (including phenoxy) is 1.